The Balaban J connectivity index is 1.45. The minimum Gasteiger partial charge on any atom is -0.497 e. The highest BCUT2D eigenvalue weighted by Crippen LogP contribution is 2.41. The van der Waals surface area contributed by atoms with Gasteiger partial charge >= 0.3 is 0 Å². The second kappa shape index (κ2) is 8.66. The molecule has 0 bridgehead atoms. The molecule has 0 saturated carbocycles. The summed E-state index contributed by atoms with van der Waals surface area (Å²) in [4.78, 5) is 15.3. The third kappa shape index (κ3) is 4.77. The van der Waals surface area contributed by atoms with Gasteiger partial charge in [0.05, 0.1) is 26.4 Å². The van der Waals surface area contributed by atoms with E-state index in [1.807, 2.05) is 56.3 Å². The summed E-state index contributed by atoms with van der Waals surface area (Å²) in [6, 6.07) is 13.5. The number of nitrogens with zero attached hydrogens (tertiary/aromatic N) is 1. The first kappa shape index (κ1) is 20.7. The van der Waals surface area contributed by atoms with E-state index in [-0.39, 0.29) is 17.6 Å². The molecule has 1 fully saturated rings. The SMILES string of the molecule is COc1ccc2c(c1)OC(C)(C)C[C@@H]2NC(=O)c1ccc(CN2CCOCC2)cc1. The fourth-order valence-corrected chi connectivity index (χ4v) is 4.11. The maximum Gasteiger partial charge on any atom is 0.251 e. The maximum absolute atomic E-state index is 13.0. The number of ether oxygens (including phenoxy) is 3. The number of nitrogens with one attached hydrogen (secondary N) is 1. The molecule has 0 radical (unpaired) electrons. The van der Waals surface area contributed by atoms with Crippen molar-refractivity contribution in [2.24, 2.45) is 0 Å². The van der Waals surface area contributed by atoms with Crippen molar-refractivity contribution in [2.45, 2.75) is 38.5 Å². The van der Waals surface area contributed by atoms with Crippen LogP contribution >= 0.6 is 0 Å². The Morgan fingerprint density at radius 1 is 1.17 bits per heavy atom. The molecule has 160 valence electrons. The highest BCUT2D eigenvalue weighted by atomic mass is 16.5. The molecule has 1 saturated heterocycles. The van der Waals surface area contributed by atoms with Gasteiger partial charge in [0.25, 0.3) is 5.91 Å². The summed E-state index contributed by atoms with van der Waals surface area (Å²) in [5.41, 5.74) is 2.48. The Hall–Kier alpha value is -2.57. The van der Waals surface area contributed by atoms with Gasteiger partial charge in [-0.25, -0.2) is 0 Å². The van der Waals surface area contributed by atoms with Gasteiger partial charge < -0.3 is 19.5 Å². The number of amides is 1. The van der Waals surface area contributed by atoms with E-state index in [2.05, 4.69) is 10.2 Å². The van der Waals surface area contributed by atoms with Crippen LogP contribution in [0.2, 0.25) is 0 Å². The van der Waals surface area contributed by atoms with Gasteiger partial charge in [0, 0.05) is 43.2 Å². The summed E-state index contributed by atoms with van der Waals surface area (Å²) in [6.45, 7) is 8.43. The lowest BCUT2D eigenvalue weighted by molar-refractivity contribution is 0.0342. The molecule has 1 amide bonds. The molecule has 0 aromatic heterocycles. The van der Waals surface area contributed by atoms with Crippen LogP contribution in [0.4, 0.5) is 0 Å². The number of carbonyl (C=O) groups is 1. The molecule has 2 aliphatic heterocycles. The molecule has 2 heterocycles. The van der Waals surface area contributed by atoms with Crippen molar-refractivity contribution in [3.63, 3.8) is 0 Å². The van der Waals surface area contributed by atoms with Crippen LogP contribution in [0.1, 0.15) is 47.8 Å². The standard InChI is InChI=1S/C24H30N2O4/c1-24(2)15-21(20-9-8-19(28-3)14-22(20)30-24)25-23(27)18-6-4-17(5-7-18)16-26-10-12-29-13-11-26/h4-9,14,21H,10-13,15-16H2,1-3H3,(H,25,27)/t21-/m0/s1. The summed E-state index contributed by atoms with van der Waals surface area (Å²) in [5, 5.41) is 3.20. The minimum atomic E-state index is -0.376. The third-order valence-corrected chi connectivity index (χ3v) is 5.71. The number of fused-ring (bicyclic) bond motifs is 1. The lowest BCUT2D eigenvalue weighted by atomic mass is 9.89. The predicted octanol–water partition coefficient (Wildman–Crippen LogP) is 3.56. The van der Waals surface area contributed by atoms with E-state index < -0.39 is 0 Å². The zero-order valence-electron chi connectivity index (χ0n) is 17.9. The van der Waals surface area contributed by atoms with Crippen LogP contribution in [-0.2, 0) is 11.3 Å². The number of hydrogen-bond acceptors (Lipinski definition) is 5. The first-order valence-electron chi connectivity index (χ1n) is 10.5. The van der Waals surface area contributed by atoms with Crippen molar-refractivity contribution in [2.75, 3.05) is 33.4 Å². The number of rotatable bonds is 5. The second-order valence-electron chi connectivity index (χ2n) is 8.58. The zero-order valence-corrected chi connectivity index (χ0v) is 17.9. The van der Waals surface area contributed by atoms with Gasteiger partial charge in [-0.05, 0) is 43.7 Å². The van der Waals surface area contributed by atoms with E-state index in [1.165, 1.54) is 5.56 Å². The minimum absolute atomic E-state index is 0.0719. The summed E-state index contributed by atoms with van der Waals surface area (Å²) in [5.74, 6) is 1.43. The molecule has 0 aliphatic carbocycles. The van der Waals surface area contributed by atoms with E-state index in [9.17, 15) is 4.79 Å². The molecule has 30 heavy (non-hydrogen) atoms. The molecule has 2 aromatic carbocycles. The van der Waals surface area contributed by atoms with Crippen LogP contribution in [0.15, 0.2) is 42.5 Å². The van der Waals surface area contributed by atoms with Crippen LogP contribution in [0.5, 0.6) is 11.5 Å². The molecule has 2 aliphatic rings. The average molecular weight is 411 g/mol. The Bertz CT molecular complexity index is 889. The molecule has 2 aromatic rings. The number of carbonyl (C=O) groups excluding carboxylic acids is 1. The van der Waals surface area contributed by atoms with Crippen LogP contribution in [0.3, 0.4) is 0 Å². The quantitative estimate of drug-likeness (QED) is 0.817. The molecule has 1 atom stereocenters. The second-order valence-corrected chi connectivity index (χ2v) is 8.58. The molecule has 6 heteroatoms. The van der Waals surface area contributed by atoms with Crippen LogP contribution in [0, 0.1) is 0 Å². The van der Waals surface area contributed by atoms with Crippen molar-refractivity contribution in [3.8, 4) is 11.5 Å². The number of methoxy groups -OCH3 is 1. The van der Waals surface area contributed by atoms with E-state index in [0.29, 0.717) is 12.0 Å². The fourth-order valence-electron chi connectivity index (χ4n) is 4.11. The van der Waals surface area contributed by atoms with Crippen molar-refractivity contribution in [1.29, 1.82) is 0 Å². The average Bonchev–Trinajstić information content (AvgIpc) is 2.73. The van der Waals surface area contributed by atoms with Gasteiger partial charge in [-0.1, -0.05) is 12.1 Å². The van der Waals surface area contributed by atoms with Crippen molar-refractivity contribution >= 4 is 5.91 Å². The lowest BCUT2D eigenvalue weighted by Gasteiger charge is -2.38. The van der Waals surface area contributed by atoms with E-state index >= 15 is 0 Å². The zero-order chi connectivity index (χ0) is 21.1. The van der Waals surface area contributed by atoms with Crippen LogP contribution < -0.4 is 14.8 Å². The highest BCUT2D eigenvalue weighted by molar-refractivity contribution is 5.94. The molecule has 6 nitrogen and oxygen atoms in total. The van der Waals surface area contributed by atoms with E-state index in [1.54, 1.807) is 7.11 Å². The third-order valence-electron chi connectivity index (χ3n) is 5.71. The normalized spacial score (nSPS) is 20.7. The topological polar surface area (TPSA) is 60.0 Å². The summed E-state index contributed by atoms with van der Waals surface area (Å²) >= 11 is 0. The first-order chi connectivity index (χ1) is 14.4. The fraction of sp³-hybridized carbons (Fsp3) is 0.458. The summed E-state index contributed by atoms with van der Waals surface area (Å²) < 4.78 is 16.8. The maximum atomic E-state index is 13.0. The molecule has 4 rings (SSSR count). The summed E-state index contributed by atoms with van der Waals surface area (Å²) in [7, 11) is 1.64. The van der Waals surface area contributed by atoms with Crippen molar-refractivity contribution in [3.05, 3.63) is 59.2 Å². The molecule has 1 N–H and O–H groups in total. The van der Waals surface area contributed by atoms with Crippen molar-refractivity contribution in [1.82, 2.24) is 10.2 Å². The monoisotopic (exact) mass is 410 g/mol. The van der Waals surface area contributed by atoms with Gasteiger partial charge in [0.1, 0.15) is 17.1 Å². The Labute approximate surface area is 178 Å². The number of benzene rings is 2. The Kier molecular flexibility index (Phi) is 5.97. The smallest absolute Gasteiger partial charge is 0.251 e. The van der Waals surface area contributed by atoms with E-state index in [0.717, 1.165) is 49.9 Å². The molecular formula is C24H30N2O4. The van der Waals surface area contributed by atoms with Gasteiger partial charge in [-0.2, -0.15) is 0 Å². The van der Waals surface area contributed by atoms with E-state index in [4.69, 9.17) is 14.2 Å². The summed E-state index contributed by atoms with van der Waals surface area (Å²) in [6.07, 6.45) is 0.702. The van der Waals surface area contributed by atoms with Crippen LogP contribution in [0.25, 0.3) is 0 Å². The molecule has 0 unspecified atom stereocenters. The predicted molar refractivity (Wildman–Crippen MR) is 115 cm³/mol. The van der Waals surface area contributed by atoms with Gasteiger partial charge in [0.2, 0.25) is 0 Å². The van der Waals surface area contributed by atoms with Crippen molar-refractivity contribution < 1.29 is 19.0 Å². The largest absolute Gasteiger partial charge is 0.497 e. The highest BCUT2D eigenvalue weighted by Gasteiger charge is 2.35. The van der Waals surface area contributed by atoms with Gasteiger partial charge in [-0.3, -0.25) is 9.69 Å². The molecular weight excluding hydrogens is 380 g/mol. The number of hydrogen-bond donors (Lipinski definition) is 1. The lowest BCUT2D eigenvalue weighted by Crippen LogP contribution is -2.41. The first-order valence-corrected chi connectivity index (χ1v) is 10.5. The van der Waals surface area contributed by atoms with Crippen LogP contribution in [-0.4, -0.2) is 49.8 Å². The number of morpholine rings is 1. The Morgan fingerprint density at radius 3 is 2.60 bits per heavy atom. The van der Waals surface area contributed by atoms with Gasteiger partial charge in [0.15, 0.2) is 0 Å². The molecule has 0 spiro atoms. The van der Waals surface area contributed by atoms with Gasteiger partial charge in [-0.15, -0.1) is 0 Å². The Morgan fingerprint density at radius 2 is 1.90 bits per heavy atom.